The third-order valence-corrected chi connectivity index (χ3v) is 6.02. The second-order valence-electron chi connectivity index (χ2n) is 5.39. The van der Waals surface area contributed by atoms with Gasteiger partial charge in [0.1, 0.15) is 5.70 Å². The number of hydrogen-bond acceptors (Lipinski definition) is 6. The van der Waals surface area contributed by atoms with E-state index in [1.54, 1.807) is 16.3 Å². The first-order chi connectivity index (χ1) is 11.6. The first kappa shape index (κ1) is 15.9. The maximum Gasteiger partial charge on any atom is 0.276 e. The fourth-order valence-electron chi connectivity index (χ4n) is 2.76. The summed E-state index contributed by atoms with van der Waals surface area (Å²) in [5.41, 5.74) is 1.69. The highest BCUT2D eigenvalue weighted by atomic mass is 79.9. The van der Waals surface area contributed by atoms with E-state index in [0.717, 1.165) is 25.5 Å². The van der Waals surface area contributed by atoms with Gasteiger partial charge < -0.3 is 0 Å². The van der Waals surface area contributed by atoms with E-state index >= 15 is 0 Å². The summed E-state index contributed by atoms with van der Waals surface area (Å²) >= 11 is 6.52. The summed E-state index contributed by atoms with van der Waals surface area (Å²) in [4.78, 5) is 18.7. The highest BCUT2D eigenvalue weighted by Crippen LogP contribution is 2.35. The minimum absolute atomic E-state index is 0.150. The van der Waals surface area contributed by atoms with Crippen LogP contribution in [0.25, 0.3) is 5.70 Å². The zero-order chi connectivity index (χ0) is 16.8. The summed E-state index contributed by atoms with van der Waals surface area (Å²) in [5, 5.41) is 13.4. The Hall–Kier alpha value is -1.64. The van der Waals surface area contributed by atoms with Crippen LogP contribution in [-0.2, 0) is 4.79 Å². The van der Waals surface area contributed by atoms with E-state index in [4.69, 9.17) is 4.99 Å². The summed E-state index contributed by atoms with van der Waals surface area (Å²) in [5.74, 6) is -0.150. The lowest BCUT2D eigenvalue weighted by Crippen LogP contribution is -2.50. The Morgan fingerprint density at radius 2 is 2.21 bits per heavy atom. The first-order valence-corrected chi connectivity index (χ1v) is 10.1. The molecule has 0 saturated carbocycles. The van der Waals surface area contributed by atoms with Gasteiger partial charge in [-0.05, 0) is 48.4 Å². The molecule has 0 saturated heterocycles. The molecule has 1 aromatic carbocycles. The predicted molar refractivity (Wildman–Crippen MR) is 101 cm³/mol. The SMILES string of the molecule is CSC1=NN2C(=c3cc(Br)ccc3=N[C@H]2c2sccc2C)C(=O)N1. The van der Waals surface area contributed by atoms with Crippen LogP contribution in [0.15, 0.2) is 44.2 Å². The van der Waals surface area contributed by atoms with Crippen LogP contribution in [0, 0.1) is 6.92 Å². The van der Waals surface area contributed by atoms with Crippen LogP contribution in [0.4, 0.5) is 0 Å². The van der Waals surface area contributed by atoms with E-state index in [9.17, 15) is 4.79 Å². The molecule has 5 nitrogen and oxygen atoms in total. The zero-order valence-electron chi connectivity index (χ0n) is 12.9. The number of thioether (sulfide) groups is 1. The topological polar surface area (TPSA) is 57.1 Å². The second-order valence-corrected chi connectivity index (χ2v) is 8.05. The number of carbonyl (C=O) groups excluding carboxylic acids is 1. The van der Waals surface area contributed by atoms with E-state index < -0.39 is 0 Å². The number of halogens is 1. The number of nitrogens with one attached hydrogen (secondary N) is 1. The Balaban J connectivity index is 2.04. The van der Waals surface area contributed by atoms with Crippen LogP contribution in [0.5, 0.6) is 0 Å². The van der Waals surface area contributed by atoms with E-state index in [0.29, 0.717) is 10.9 Å². The molecule has 8 heteroatoms. The Labute approximate surface area is 155 Å². The number of rotatable bonds is 1. The molecule has 0 spiro atoms. The molecule has 0 aliphatic carbocycles. The van der Waals surface area contributed by atoms with Gasteiger partial charge in [-0.3, -0.25) is 15.1 Å². The smallest absolute Gasteiger partial charge is 0.276 e. The largest absolute Gasteiger partial charge is 0.298 e. The maximum atomic E-state index is 12.7. The third kappa shape index (κ3) is 2.49. The number of hydrazone groups is 1. The third-order valence-electron chi connectivity index (χ3n) is 3.90. The van der Waals surface area contributed by atoms with Gasteiger partial charge in [0.15, 0.2) is 11.3 Å². The highest BCUT2D eigenvalue weighted by Gasteiger charge is 2.35. The van der Waals surface area contributed by atoms with E-state index in [-0.39, 0.29) is 12.1 Å². The fraction of sp³-hybridized carbons (Fsp3) is 0.188. The molecule has 0 unspecified atom stereocenters. The van der Waals surface area contributed by atoms with Gasteiger partial charge in [0.2, 0.25) is 0 Å². The average Bonchev–Trinajstić information content (AvgIpc) is 2.99. The molecule has 0 radical (unpaired) electrons. The number of benzene rings is 1. The Bertz CT molecular complexity index is 998. The molecule has 0 bridgehead atoms. The van der Waals surface area contributed by atoms with Gasteiger partial charge in [-0.25, -0.2) is 5.01 Å². The van der Waals surface area contributed by atoms with Crippen molar-refractivity contribution in [2.75, 3.05) is 6.26 Å². The van der Waals surface area contributed by atoms with Gasteiger partial charge in [0.25, 0.3) is 5.91 Å². The molecular formula is C16H13BrN4OS2. The van der Waals surface area contributed by atoms with Crippen molar-refractivity contribution in [3.63, 3.8) is 0 Å². The molecule has 1 aromatic heterocycles. The van der Waals surface area contributed by atoms with Crippen LogP contribution in [0.3, 0.4) is 0 Å². The van der Waals surface area contributed by atoms with Crippen LogP contribution >= 0.6 is 39.0 Å². The number of amidine groups is 1. The number of hydrogen-bond donors (Lipinski definition) is 1. The van der Waals surface area contributed by atoms with Crippen LogP contribution in [0.2, 0.25) is 0 Å². The van der Waals surface area contributed by atoms with Gasteiger partial charge in [0, 0.05) is 9.69 Å². The van der Waals surface area contributed by atoms with Gasteiger partial charge in [-0.2, -0.15) is 0 Å². The van der Waals surface area contributed by atoms with Gasteiger partial charge in [-0.15, -0.1) is 16.4 Å². The number of amides is 1. The van der Waals surface area contributed by atoms with E-state index in [1.807, 2.05) is 29.8 Å². The normalized spacial score (nSPS) is 19.2. The monoisotopic (exact) mass is 420 g/mol. The van der Waals surface area contributed by atoms with Crippen LogP contribution in [-0.4, -0.2) is 22.3 Å². The van der Waals surface area contributed by atoms with E-state index in [1.165, 1.54) is 11.8 Å². The minimum atomic E-state index is -0.318. The molecular weight excluding hydrogens is 408 g/mol. The quantitative estimate of drug-likeness (QED) is 0.769. The molecule has 1 atom stereocenters. The molecule has 4 rings (SSSR count). The Morgan fingerprint density at radius 3 is 2.92 bits per heavy atom. The van der Waals surface area contributed by atoms with Gasteiger partial charge in [0.05, 0.1) is 10.2 Å². The standard InChI is InChI=1S/C16H13BrN4OS2/c1-8-5-6-24-13(8)14-18-11-4-3-9(17)7-10(11)12-15(22)19-16(23-2)20-21(12)14/h3-7,14H,1-2H3,(H,19,20,22)/t14-/m1/s1. The summed E-state index contributed by atoms with van der Waals surface area (Å²) in [6, 6.07) is 7.85. The van der Waals surface area contributed by atoms with Crippen molar-refractivity contribution in [3.05, 3.63) is 55.1 Å². The number of thiophene rings is 1. The van der Waals surface area contributed by atoms with Crippen molar-refractivity contribution in [3.8, 4) is 0 Å². The van der Waals surface area contributed by atoms with Crippen molar-refractivity contribution in [2.24, 2.45) is 10.1 Å². The molecule has 2 aromatic rings. The van der Waals surface area contributed by atoms with Crippen molar-refractivity contribution >= 4 is 55.8 Å². The Kier molecular flexibility index (Phi) is 3.98. The summed E-state index contributed by atoms with van der Waals surface area (Å²) in [6.07, 6.45) is 1.57. The van der Waals surface area contributed by atoms with Crippen LogP contribution in [0.1, 0.15) is 16.6 Å². The van der Waals surface area contributed by atoms with Gasteiger partial charge in [-0.1, -0.05) is 27.7 Å². The second kappa shape index (κ2) is 6.02. The molecule has 122 valence electrons. The van der Waals surface area contributed by atoms with Crippen molar-refractivity contribution in [1.29, 1.82) is 0 Å². The average molecular weight is 421 g/mol. The fourth-order valence-corrected chi connectivity index (χ4v) is 4.44. The predicted octanol–water partition coefficient (Wildman–Crippen LogP) is 2.33. The maximum absolute atomic E-state index is 12.7. The molecule has 3 heterocycles. The van der Waals surface area contributed by atoms with Crippen LogP contribution < -0.4 is 15.9 Å². The van der Waals surface area contributed by atoms with Crippen molar-refractivity contribution in [2.45, 2.75) is 13.1 Å². The summed E-state index contributed by atoms with van der Waals surface area (Å²) < 4.78 is 0.905. The van der Waals surface area contributed by atoms with Crippen molar-refractivity contribution in [1.82, 2.24) is 10.3 Å². The Morgan fingerprint density at radius 1 is 1.38 bits per heavy atom. The summed E-state index contributed by atoms with van der Waals surface area (Å²) in [6.45, 7) is 2.06. The summed E-state index contributed by atoms with van der Waals surface area (Å²) in [7, 11) is 0. The molecule has 2 aliphatic heterocycles. The number of fused-ring (bicyclic) bond motifs is 2. The number of aryl methyl sites for hydroxylation is 1. The highest BCUT2D eigenvalue weighted by molar-refractivity contribution is 9.10. The first-order valence-electron chi connectivity index (χ1n) is 7.23. The zero-order valence-corrected chi connectivity index (χ0v) is 16.1. The minimum Gasteiger partial charge on any atom is -0.298 e. The lowest BCUT2D eigenvalue weighted by atomic mass is 10.1. The van der Waals surface area contributed by atoms with Gasteiger partial charge >= 0.3 is 0 Å². The lowest BCUT2D eigenvalue weighted by Gasteiger charge is -2.33. The lowest BCUT2D eigenvalue weighted by molar-refractivity contribution is -0.116. The number of carbonyl (C=O) groups is 1. The molecule has 24 heavy (non-hydrogen) atoms. The van der Waals surface area contributed by atoms with Crippen molar-refractivity contribution < 1.29 is 4.79 Å². The molecule has 1 amide bonds. The number of nitrogens with zero attached hydrogens (tertiary/aromatic N) is 3. The molecule has 0 fully saturated rings. The van der Waals surface area contributed by atoms with E-state index in [2.05, 4.69) is 39.3 Å². The molecule has 1 N–H and O–H groups in total. The molecule has 2 aliphatic rings.